The lowest BCUT2D eigenvalue weighted by molar-refractivity contribution is -0.122. The number of halogens is 9. The van der Waals surface area contributed by atoms with E-state index in [1.54, 1.807) is 6.26 Å². The lowest BCUT2D eigenvalue weighted by Gasteiger charge is -2.31. The van der Waals surface area contributed by atoms with Gasteiger partial charge >= 0.3 is 0 Å². The van der Waals surface area contributed by atoms with Gasteiger partial charge in [-0.1, -0.05) is 36.5 Å². The minimum Gasteiger partial charge on any atom is -0.386 e. The highest BCUT2D eigenvalue weighted by molar-refractivity contribution is 7.97. The van der Waals surface area contributed by atoms with Crippen LogP contribution in [0.5, 0.6) is 0 Å². The third kappa shape index (κ3) is 9.42. The van der Waals surface area contributed by atoms with Crippen LogP contribution >= 0.6 is 23.5 Å². The molecule has 5 aromatic rings. The molecule has 326 valence electrons. The Labute approximate surface area is 359 Å². The van der Waals surface area contributed by atoms with E-state index in [0.717, 1.165) is 36.2 Å². The van der Waals surface area contributed by atoms with Gasteiger partial charge in [0.05, 0.1) is 33.7 Å². The van der Waals surface area contributed by atoms with Crippen molar-refractivity contribution in [3.63, 3.8) is 0 Å². The van der Waals surface area contributed by atoms with Crippen molar-refractivity contribution in [1.82, 2.24) is 19.8 Å². The standard InChI is InChI=1S/C42H37ClF8N8O2S/c1-20-9-29-36(39(48)49)56-59(38(29)42(20,50)51)18-34(61)54-32(12-21-10-25(44)16-26(45)11-21)41(58(3)33-8-7-30(43)35(37(33)53-2)40(52)57-62-4)55-31-15-22(5-6-23(31)19-60)24-13-27(46)17-28(47)14-24/h5-8,10-11,13-17,19-20,32,39,53H,9,12,18H2,1-4H3,(H2,52,57)(H,54,61)/b55-41-. The largest absolute Gasteiger partial charge is 0.386 e. The van der Waals surface area contributed by atoms with E-state index in [9.17, 15) is 35.9 Å². The van der Waals surface area contributed by atoms with E-state index in [1.807, 2.05) is 0 Å². The molecule has 4 aromatic carbocycles. The summed E-state index contributed by atoms with van der Waals surface area (Å²) >= 11 is 7.69. The number of carbonyl (C=O) groups excluding carboxylic acids is 2. The topological polar surface area (TPSA) is 128 Å². The number of hydrogen-bond acceptors (Lipinski definition) is 7. The second-order valence-corrected chi connectivity index (χ2v) is 15.3. The normalized spacial score (nSPS) is 15.0. The van der Waals surface area contributed by atoms with Crippen LogP contribution in [0.15, 0.2) is 71.7 Å². The summed E-state index contributed by atoms with van der Waals surface area (Å²) in [5, 5.41) is 18.2. The number of anilines is 2. The number of amides is 1. The summed E-state index contributed by atoms with van der Waals surface area (Å²) in [7, 11) is 3.00. The van der Waals surface area contributed by atoms with Crippen LogP contribution in [-0.4, -0.2) is 60.0 Å². The van der Waals surface area contributed by atoms with E-state index >= 15 is 8.78 Å². The molecule has 62 heavy (non-hydrogen) atoms. The maximum absolute atomic E-state index is 15.5. The van der Waals surface area contributed by atoms with Crippen molar-refractivity contribution in [3.05, 3.63) is 129 Å². The molecule has 2 atom stereocenters. The number of carbonyl (C=O) groups is 2. The van der Waals surface area contributed by atoms with Gasteiger partial charge in [0.1, 0.15) is 52.9 Å². The third-order valence-corrected chi connectivity index (χ3v) is 10.9. The van der Waals surface area contributed by atoms with E-state index in [0.29, 0.717) is 23.1 Å². The molecule has 2 unspecified atom stereocenters. The zero-order valence-corrected chi connectivity index (χ0v) is 34.8. The lowest BCUT2D eigenvalue weighted by atomic mass is 10.0. The quantitative estimate of drug-likeness (QED) is 0.0288. The Kier molecular flexibility index (Phi) is 13.7. The van der Waals surface area contributed by atoms with E-state index in [4.69, 9.17) is 22.0 Å². The molecule has 1 amide bonds. The van der Waals surface area contributed by atoms with Crippen LogP contribution in [0.2, 0.25) is 5.02 Å². The molecule has 0 saturated carbocycles. The summed E-state index contributed by atoms with van der Waals surface area (Å²) in [6.07, 6.45) is -1.99. The first-order chi connectivity index (χ1) is 29.4. The van der Waals surface area contributed by atoms with Crippen LogP contribution in [0.1, 0.15) is 51.8 Å². The number of aromatic nitrogens is 2. The molecule has 0 saturated heterocycles. The van der Waals surface area contributed by atoms with E-state index < -0.39 is 84.3 Å². The Morgan fingerprint density at radius 3 is 2.27 bits per heavy atom. The number of amidine groups is 2. The lowest BCUT2D eigenvalue weighted by Crippen LogP contribution is -2.50. The van der Waals surface area contributed by atoms with Crippen LogP contribution in [-0.2, 0) is 30.1 Å². The number of aldehydes is 1. The molecule has 0 spiro atoms. The van der Waals surface area contributed by atoms with E-state index in [2.05, 4.69) is 20.5 Å². The van der Waals surface area contributed by atoms with Crippen molar-refractivity contribution in [2.75, 3.05) is 30.6 Å². The Morgan fingerprint density at radius 2 is 1.68 bits per heavy atom. The summed E-state index contributed by atoms with van der Waals surface area (Å²) in [6, 6.07) is 10.9. The fourth-order valence-electron chi connectivity index (χ4n) is 7.37. The molecule has 1 heterocycles. The number of likely N-dealkylation sites (N-methyl/N-ethyl adjacent to an activating group) is 1. The smallest absolute Gasteiger partial charge is 0.292 e. The van der Waals surface area contributed by atoms with Crippen LogP contribution in [0, 0.1) is 34.6 Å². The number of aliphatic imine (C=N–C) groups is 1. The minimum atomic E-state index is -3.63. The molecule has 10 nitrogen and oxygen atoms in total. The number of nitrogens with one attached hydrogen (secondary N) is 4. The summed E-state index contributed by atoms with van der Waals surface area (Å²) in [6.45, 7) is 0.174. The second-order valence-electron chi connectivity index (χ2n) is 14.3. The Morgan fingerprint density at radius 1 is 1.03 bits per heavy atom. The Bertz CT molecular complexity index is 2550. The number of fused-ring (bicyclic) bond motifs is 1. The van der Waals surface area contributed by atoms with Crippen LogP contribution < -0.4 is 20.3 Å². The molecule has 0 aliphatic heterocycles. The SMILES string of the molecule is CNc1c(N(C)/C(=N\c2cc(-c3cc(F)cc(F)c3)ccc2C=O)C(Cc2cc(F)cc(F)c2)NC(=O)Cn2nc(C(F)F)c3c2C(F)(F)C(C)C3)ccc(Cl)c1C(=N)NSC. The van der Waals surface area contributed by atoms with Gasteiger partial charge < -0.3 is 20.3 Å². The van der Waals surface area contributed by atoms with Gasteiger partial charge in [-0.05, 0) is 71.6 Å². The zero-order chi connectivity index (χ0) is 45.2. The van der Waals surface area contributed by atoms with Crippen LogP contribution in [0.4, 0.5) is 52.2 Å². The summed E-state index contributed by atoms with van der Waals surface area (Å²) in [4.78, 5) is 32.9. The van der Waals surface area contributed by atoms with Crippen molar-refractivity contribution >= 4 is 64.5 Å². The Hall–Kier alpha value is -5.95. The number of rotatable bonds is 14. The summed E-state index contributed by atoms with van der Waals surface area (Å²) in [5.41, 5.74) is -1.42. The summed E-state index contributed by atoms with van der Waals surface area (Å²) < 4.78 is 121. The highest BCUT2D eigenvalue weighted by atomic mass is 35.5. The van der Waals surface area contributed by atoms with E-state index in [-0.39, 0.29) is 67.1 Å². The monoisotopic (exact) mass is 904 g/mol. The van der Waals surface area contributed by atoms with Crippen molar-refractivity contribution in [1.29, 1.82) is 5.41 Å². The molecule has 20 heteroatoms. The number of alkyl halides is 4. The first kappa shape index (κ1) is 45.6. The first-order valence-corrected chi connectivity index (χ1v) is 20.2. The predicted molar refractivity (Wildman–Crippen MR) is 223 cm³/mol. The molecule has 1 aliphatic rings. The molecular formula is C42H37ClF8N8O2S. The van der Waals surface area contributed by atoms with Crippen molar-refractivity contribution < 1.29 is 44.7 Å². The van der Waals surface area contributed by atoms with E-state index in [1.165, 1.54) is 56.3 Å². The molecule has 0 radical (unpaired) electrons. The highest BCUT2D eigenvalue weighted by Gasteiger charge is 2.51. The van der Waals surface area contributed by atoms with Crippen molar-refractivity contribution in [3.8, 4) is 11.1 Å². The fraction of sp³-hybridized carbons (Fsp3) is 0.262. The average molecular weight is 905 g/mol. The maximum Gasteiger partial charge on any atom is 0.292 e. The van der Waals surface area contributed by atoms with Gasteiger partial charge in [-0.2, -0.15) is 13.9 Å². The number of nitrogens with zero attached hydrogens (tertiary/aromatic N) is 4. The van der Waals surface area contributed by atoms with Crippen LogP contribution in [0.3, 0.4) is 0 Å². The molecule has 1 aromatic heterocycles. The second kappa shape index (κ2) is 18.6. The predicted octanol–water partition coefficient (Wildman–Crippen LogP) is 9.62. The maximum atomic E-state index is 15.5. The van der Waals surface area contributed by atoms with Crippen molar-refractivity contribution in [2.24, 2.45) is 10.9 Å². The molecule has 0 bridgehead atoms. The molecule has 0 fully saturated rings. The number of benzene rings is 4. The van der Waals surface area contributed by atoms with Gasteiger partial charge in [-0.25, -0.2) is 31.3 Å². The molecule has 4 N–H and O–H groups in total. The minimum absolute atomic E-state index is 0.0367. The highest BCUT2D eigenvalue weighted by Crippen LogP contribution is 2.48. The van der Waals surface area contributed by atoms with Gasteiger partial charge in [0, 0.05) is 55.9 Å². The first-order valence-electron chi connectivity index (χ1n) is 18.6. The van der Waals surface area contributed by atoms with Gasteiger partial charge in [-0.15, -0.1) is 0 Å². The van der Waals surface area contributed by atoms with Gasteiger partial charge in [0.2, 0.25) is 5.91 Å². The fourth-order valence-corrected chi connectivity index (χ4v) is 7.93. The molecule has 1 aliphatic carbocycles. The van der Waals surface area contributed by atoms with Gasteiger partial charge in [-0.3, -0.25) is 19.7 Å². The Balaban J connectivity index is 1.57. The number of hydrogen-bond donors (Lipinski definition) is 4. The molecule has 6 rings (SSSR count). The zero-order valence-electron chi connectivity index (χ0n) is 33.2. The van der Waals surface area contributed by atoms with Crippen molar-refractivity contribution in [2.45, 2.75) is 44.7 Å². The van der Waals surface area contributed by atoms with Gasteiger partial charge in [0.25, 0.3) is 12.3 Å². The van der Waals surface area contributed by atoms with Crippen LogP contribution in [0.25, 0.3) is 11.1 Å². The summed E-state index contributed by atoms with van der Waals surface area (Å²) in [5.74, 6) is -10.1. The third-order valence-electron chi connectivity index (χ3n) is 10.2. The van der Waals surface area contributed by atoms with Gasteiger partial charge in [0.15, 0.2) is 6.29 Å². The average Bonchev–Trinajstić information content (AvgIpc) is 3.67. The molecular weight excluding hydrogens is 868 g/mol.